The third-order valence-corrected chi connectivity index (χ3v) is 3.44. The van der Waals surface area contributed by atoms with Crippen molar-refractivity contribution in [3.8, 4) is 11.5 Å². The van der Waals surface area contributed by atoms with Gasteiger partial charge in [0, 0.05) is 6.07 Å². The number of halogens is 1. The van der Waals surface area contributed by atoms with Crippen LogP contribution in [0.1, 0.15) is 20.7 Å². The van der Waals surface area contributed by atoms with Crippen molar-refractivity contribution in [2.45, 2.75) is 0 Å². The quantitative estimate of drug-likeness (QED) is 0.221. The first-order valence-corrected chi connectivity index (χ1v) is 7.68. The summed E-state index contributed by atoms with van der Waals surface area (Å²) in [4.78, 5) is 24.0. The second-order valence-electron chi connectivity index (χ2n) is 5.22. The molecule has 0 fully saturated rings. The largest absolute Gasteiger partial charge is 1.00 e. The molecular weight excluding hydrogens is 451 g/mol. The molecular formula is C18H21IN2O5. The monoisotopic (exact) mass is 472 g/mol. The zero-order valence-corrected chi connectivity index (χ0v) is 17.0. The van der Waals surface area contributed by atoms with Crippen LogP contribution < -0.4 is 43.3 Å². The van der Waals surface area contributed by atoms with Gasteiger partial charge in [-0.3, -0.25) is 4.79 Å². The molecule has 7 nitrogen and oxygen atoms in total. The van der Waals surface area contributed by atoms with E-state index >= 15 is 0 Å². The number of aryl methyl sites for hydroxylation is 1. The van der Waals surface area contributed by atoms with Gasteiger partial charge in [-0.05, 0) is 24.3 Å². The fraction of sp³-hybridized carbons (Fsp3) is 0.278. The Morgan fingerprint density at radius 2 is 1.81 bits per heavy atom. The van der Waals surface area contributed by atoms with Crippen LogP contribution in [-0.2, 0) is 11.8 Å². The first kappa shape index (κ1) is 21.7. The minimum absolute atomic E-state index is 0. The maximum atomic E-state index is 12.0. The molecule has 0 bridgehead atoms. The molecule has 0 aliphatic carbocycles. The molecule has 0 atom stereocenters. The van der Waals surface area contributed by atoms with Gasteiger partial charge in [0.05, 0.1) is 26.3 Å². The number of hydrogen-bond acceptors (Lipinski definition) is 5. The maximum absolute atomic E-state index is 12.0. The van der Waals surface area contributed by atoms with Gasteiger partial charge in [-0.15, -0.1) is 0 Å². The molecule has 0 radical (unpaired) electrons. The average Bonchev–Trinajstić information content (AvgIpc) is 2.64. The Kier molecular flexibility index (Phi) is 8.83. The zero-order chi connectivity index (χ0) is 18.2. The maximum Gasteiger partial charge on any atom is 0.338 e. The minimum Gasteiger partial charge on any atom is -1.00 e. The van der Waals surface area contributed by atoms with E-state index in [9.17, 15) is 9.59 Å². The van der Waals surface area contributed by atoms with E-state index in [1.807, 2.05) is 13.2 Å². The van der Waals surface area contributed by atoms with Crippen molar-refractivity contribution in [1.29, 1.82) is 0 Å². The number of ether oxygens (including phenoxy) is 3. The number of pyridine rings is 1. The van der Waals surface area contributed by atoms with Crippen molar-refractivity contribution < 1.29 is 52.3 Å². The SMILES string of the molecule is COc1ccc(C(=O)OCCNC(=O)c2ccc[n+](C)c2)cc1OC.[I-]. The highest BCUT2D eigenvalue weighted by Gasteiger charge is 2.12. The fourth-order valence-corrected chi connectivity index (χ4v) is 2.18. The van der Waals surface area contributed by atoms with Crippen LogP contribution in [0, 0.1) is 0 Å². The minimum atomic E-state index is -0.499. The molecule has 0 unspecified atom stereocenters. The summed E-state index contributed by atoms with van der Waals surface area (Å²) < 4.78 is 17.2. The summed E-state index contributed by atoms with van der Waals surface area (Å²) in [7, 11) is 4.85. The number of rotatable bonds is 7. The van der Waals surface area contributed by atoms with Crippen molar-refractivity contribution in [2.75, 3.05) is 27.4 Å². The molecule has 2 rings (SSSR count). The molecule has 0 saturated carbocycles. The van der Waals surface area contributed by atoms with E-state index in [2.05, 4.69) is 5.32 Å². The molecule has 0 saturated heterocycles. The summed E-state index contributed by atoms with van der Waals surface area (Å²) >= 11 is 0. The Bertz CT molecular complexity index is 767. The van der Waals surface area contributed by atoms with Gasteiger partial charge in [-0.2, -0.15) is 0 Å². The average molecular weight is 472 g/mol. The van der Waals surface area contributed by atoms with E-state index in [1.54, 1.807) is 41.1 Å². The van der Waals surface area contributed by atoms with E-state index in [4.69, 9.17) is 14.2 Å². The lowest BCUT2D eigenvalue weighted by molar-refractivity contribution is -0.671. The Balaban J connectivity index is 0.00000338. The lowest BCUT2D eigenvalue weighted by Gasteiger charge is -2.10. The number of methoxy groups -OCH3 is 2. The summed E-state index contributed by atoms with van der Waals surface area (Å²) in [5.41, 5.74) is 0.885. The van der Waals surface area contributed by atoms with Crippen molar-refractivity contribution in [2.24, 2.45) is 7.05 Å². The molecule has 1 amide bonds. The molecule has 0 aliphatic heterocycles. The van der Waals surface area contributed by atoms with Gasteiger partial charge in [0.15, 0.2) is 23.9 Å². The van der Waals surface area contributed by atoms with Crippen molar-refractivity contribution in [1.82, 2.24) is 5.32 Å². The predicted molar refractivity (Wildman–Crippen MR) is 89.8 cm³/mol. The van der Waals surface area contributed by atoms with E-state index in [0.29, 0.717) is 22.6 Å². The first-order valence-electron chi connectivity index (χ1n) is 7.68. The van der Waals surface area contributed by atoms with Crippen LogP contribution in [0.15, 0.2) is 42.7 Å². The second-order valence-corrected chi connectivity index (χ2v) is 5.22. The van der Waals surface area contributed by atoms with Gasteiger partial charge in [-0.25, -0.2) is 9.36 Å². The third kappa shape index (κ3) is 5.87. The number of carbonyl (C=O) groups excluding carboxylic acids is 2. The highest BCUT2D eigenvalue weighted by Crippen LogP contribution is 2.27. The first-order chi connectivity index (χ1) is 12.0. The number of nitrogens with one attached hydrogen (secondary N) is 1. The smallest absolute Gasteiger partial charge is 0.338 e. The molecule has 0 aliphatic rings. The molecule has 0 spiro atoms. The number of amides is 1. The van der Waals surface area contributed by atoms with Crippen molar-refractivity contribution >= 4 is 11.9 Å². The van der Waals surface area contributed by atoms with Gasteiger partial charge >= 0.3 is 5.97 Å². The summed E-state index contributed by atoms with van der Waals surface area (Å²) in [6.07, 6.45) is 3.55. The Labute approximate surface area is 169 Å². The van der Waals surface area contributed by atoms with E-state index in [0.717, 1.165) is 0 Å². The van der Waals surface area contributed by atoms with Gasteiger partial charge < -0.3 is 43.5 Å². The second kappa shape index (κ2) is 10.6. The van der Waals surface area contributed by atoms with Crippen LogP contribution in [0.5, 0.6) is 11.5 Å². The summed E-state index contributed by atoms with van der Waals surface area (Å²) in [6, 6.07) is 8.26. The summed E-state index contributed by atoms with van der Waals surface area (Å²) in [5.74, 6) is 0.254. The van der Waals surface area contributed by atoms with Gasteiger partial charge in [0.1, 0.15) is 19.2 Å². The third-order valence-electron chi connectivity index (χ3n) is 3.44. The number of carbonyl (C=O) groups is 2. The highest BCUT2D eigenvalue weighted by atomic mass is 127. The Hall–Kier alpha value is -2.36. The molecule has 1 heterocycles. The number of hydrogen-bond donors (Lipinski definition) is 1. The fourth-order valence-electron chi connectivity index (χ4n) is 2.18. The lowest BCUT2D eigenvalue weighted by atomic mass is 10.2. The molecule has 26 heavy (non-hydrogen) atoms. The van der Waals surface area contributed by atoms with Gasteiger partial charge in [0.2, 0.25) is 0 Å². The Morgan fingerprint density at radius 1 is 1.08 bits per heavy atom. The molecule has 140 valence electrons. The Morgan fingerprint density at radius 3 is 2.46 bits per heavy atom. The van der Waals surface area contributed by atoms with E-state index < -0.39 is 5.97 Å². The standard InChI is InChI=1S/C18H20N2O5.HI/c1-20-9-4-5-14(12-20)17(21)19-8-10-25-18(22)13-6-7-15(23-2)16(11-13)24-3;/h4-7,9,11-12H,8,10H2,1-3H3;1H. The predicted octanol–water partition coefficient (Wildman–Crippen LogP) is -1.88. The lowest BCUT2D eigenvalue weighted by Crippen LogP contribution is -3.00. The zero-order valence-electron chi connectivity index (χ0n) is 14.8. The molecule has 1 aromatic carbocycles. The summed E-state index contributed by atoms with van der Waals surface area (Å²) in [5, 5.41) is 2.70. The van der Waals surface area contributed by atoms with Gasteiger partial charge in [-0.1, -0.05) is 0 Å². The van der Waals surface area contributed by atoms with Gasteiger partial charge in [0.25, 0.3) is 5.91 Å². The van der Waals surface area contributed by atoms with Crippen molar-refractivity contribution in [3.05, 3.63) is 53.9 Å². The van der Waals surface area contributed by atoms with Crippen LogP contribution in [0.4, 0.5) is 0 Å². The van der Waals surface area contributed by atoms with E-state index in [-0.39, 0.29) is 43.0 Å². The highest BCUT2D eigenvalue weighted by molar-refractivity contribution is 5.93. The van der Waals surface area contributed by atoms with E-state index in [1.165, 1.54) is 14.2 Å². The van der Waals surface area contributed by atoms with Crippen LogP contribution in [0.2, 0.25) is 0 Å². The van der Waals surface area contributed by atoms with Crippen molar-refractivity contribution in [3.63, 3.8) is 0 Å². The number of aromatic nitrogens is 1. The number of esters is 1. The number of benzene rings is 1. The topological polar surface area (TPSA) is 77.7 Å². The molecule has 1 aromatic heterocycles. The van der Waals surface area contributed by atoms with Crippen LogP contribution >= 0.6 is 0 Å². The summed E-state index contributed by atoms with van der Waals surface area (Å²) in [6.45, 7) is 0.286. The normalized spacial score (nSPS) is 9.65. The molecule has 1 N–H and O–H groups in total. The van der Waals surface area contributed by atoms with Crippen LogP contribution in [0.3, 0.4) is 0 Å². The van der Waals surface area contributed by atoms with Crippen LogP contribution in [0.25, 0.3) is 0 Å². The molecule has 2 aromatic rings. The molecule has 8 heteroatoms. The number of nitrogens with zero attached hydrogens (tertiary/aromatic N) is 1. The van der Waals surface area contributed by atoms with Crippen LogP contribution in [-0.4, -0.2) is 39.2 Å².